The summed E-state index contributed by atoms with van der Waals surface area (Å²) in [5.41, 5.74) is 1.87. The number of furan rings is 1. The van der Waals surface area contributed by atoms with Crippen LogP contribution in [0.4, 0.5) is 0 Å². The highest BCUT2D eigenvalue weighted by Crippen LogP contribution is 2.41. The number of ether oxygens (including phenoxy) is 1. The number of methoxy groups -OCH3 is 1. The molecule has 2 aliphatic rings. The van der Waals surface area contributed by atoms with E-state index in [4.69, 9.17) is 9.15 Å². The van der Waals surface area contributed by atoms with Crippen LogP contribution in [-0.4, -0.2) is 43.1 Å². The first kappa shape index (κ1) is 17.6. The molecule has 2 fully saturated rings. The van der Waals surface area contributed by atoms with Gasteiger partial charge in [0.15, 0.2) is 0 Å². The Morgan fingerprint density at radius 2 is 1.77 bits per heavy atom. The van der Waals surface area contributed by atoms with Gasteiger partial charge in [-0.2, -0.15) is 0 Å². The van der Waals surface area contributed by atoms with E-state index in [-0.39, 0.29) is 0 Å². The molecule has 0 radical (unpaired) electrons. The van der Waals surface area contributed by atoms with Crippen LogP contribution in [0, 0.1) is 12.3 Å². The van der Waals surface area contributed by atoms with Crippen molar-refractivity contribution in [2.45, 2.75) is 39.3 Å². The predicted octanol–water partition coefficient (Wildman–Crippen LogP) is 4.08. The Morgan fingerprint density at radius 1 is 1.00 bits per heavy atom. The number of hydrogen-bond donors (Lipinski definition) is 0. The molecule has 3 heterocycles. The summed E-state index contributed by atoms with van der Waals surface area (Å²) in [6.07, 6.45) is 3.95. The summed E-state index contributed by atoms with van der Waals surface area (Å²) in [5.74, 6) is 3.07. The summed E-state index contributed by atoms with van der Waals surface area (Å²) in [5, 5.41) is 0. The van der Waals surface area contributed by atoms with Crippen molar-refractivity contribution in [3.8, 4) is 5.75 Å². The van der Waals surface area contributed by atoms with E-state index in [9.17, 15) is 0 Å². The molecule has 0 N–H and O–H groups in total. The molecule has 1 aromatic heterocycles. The number of piperidine rings is 1. The zero-order valence-corrected chi connectivity index (χ0v) is 16.0. The maximum atomic E-state index is 5.76. The largest absolute Gasteiger partial charge is 0.497 e. The average Bonchev–Trinajstić information content (AvgIpc) is 3.24. The Kier molecular flexibility index (Phi) is 5.05. The normalized spacial score (nSPS) is 20.7. The molecule has 0 amide bonds. The van der Waals surface area contributed by atoms with Gasteiger partial charge in [-0.1, -0.05) is 12.1 Å². The SMILES string of the molecule is COc1cccc(CN2CCC3(CC2)CCN(Cc2ccc(C)o2)C3)c1. The molecule has 2 aromatic rings. The lowest BCUT2D eigenvalue weighted by Gasteiger charge is -2.39. The van der Waals surface area contributed by atoms with E-state index in [1.54, 1.807) is 7.11 Å². The first-order valence-corrected chi connectivity index (χ1v) is 9.77. The first-order valence-electron chi connectivity index (χ1n) is 9.77. The summed E-state index contributed by atoms with van der Waals surface area (Å²) in [4.78, 5) is 5.18. The van der Waals surface area contributed by atoms with Crippen LogP contribution in [0.2, 0.25) is 0 Å². The Hall–Kier alpha value is -1.78. The lowest BCUT2D eigenvalue weighted by molar-refractivity contribution is 0.101. The highest BCUT2D eigenvalue weighted by atomic mass is 16.5. The highest BCUT2D eigenvalue weighted by molar-refractivity contribution is 5.28. The van der Waals surface area contributed by atoms with Crippen molar-refractivity contribution in [2.24, 2.45) is 5.41 Å². The number of likely N-dealkylation sites (tertiary alicyclic amines) is 2. The number of aryl methyl sites for hydroxylation is 1. The van der Waals surface area contributed by atoms with Gasteiger partial charge in [-0.15, -0.1) is 0 Å². The first-order chi connectivity index (χ1) is 12.6. The quantitative estimate of drug-likeness (QED) is 0.809. The third-order valence-corrected chi connectivity index (χ3v) is 6.15. The van der Waals surface area contributed by atoms with Crippen molar-refractivity contribution < 1.29 is 9.15 Å². The minimum atomic E-state index is 0.520. The Labute approximate surface area is 156 Å². The number of benzene rings is 1. The van der Waals surface area contributed by atoms with Gasteiger partial charge in [0.1, 0.15) is 17.3 Å². The summed E-state index contributed by atoms with van der Waals surface area (Å²) >= 11 is 0. The van der Waals surface area contributed by atoms with Crippen molar-refractivity contribution in [3.63, 3.8) is 0 Å². The minimum Gasteiger partial charge on any atom is -0.497 e. The molecular weight excluding hydrogens is 324 g/mol. The van der Waals surface area contributed by atoms with Gasteiger partial charge in [0.2, 0.25) is 0 Å². The zero-order chi connectivity index (χ0) is 18.0. The third-order valence-electron chi connectivity index (χ3n) is 6.15. The minimum absolute atomic E-state index is 0.520. The standard InChI is InChI=1S/C22H30N2O2/c1-18-6-7-21(26-18)16-24-13-10-22(17-24)8-11-23(12-9-22)15-19-4-3-5-20(14-19)25-2/h3-7,14H,8-13,15-17H2,1-2H3. The maximum Gasteiger partial charge on any atom is 0.119 e. The fraction of sp³-hybridized carbons (Fsp3) is 0.545. The van der Waals surface area contributed by atoms with Crippen LogP contribution in [0.15, 0.2) is 40.8 Å². The van der Waals surface area contributed by atoms with E-state index in [0.29, 0.717) is 5.41 Å². The molecule has 0 bridgehead atoms. The molecule has 1 aromatic carbocycles. The van der Waals surface area contributed by atoms with Crippen molar-refractivity contribution >= 4 is 0 Å². The number of nitrogens with zero attached hydrogens (tertiary/aromatic N) is 2. The fourth-order valence-corrected chi connectivity index (χ4v) is 4.58. The maximum absolute atomic E-state index is 5.76. The molecule has 26 heavy (non-hydrogen) atoms. The highest BCUT2D eigenvalue weighted by Gasteiger charge is 2.40. The van der Waals surface area contributed by atoms with Crippen molar-refractivity contribution in [2.75, 3.05) is 33.3 Å². The topological polar surface area (TPSA) is 28.9 Å². The molecule has 0 unspecified atom stereocenters. The van der Waals surface area contributed by atoms with Crippen LogP contribution < -0.4 is 4.74 Å². The van der Waals surface area contributed by atoms with Crippen LogP contribution in [-0.2, 0) is 13.1 Å². The van der Waals surface area contributed by atoms with Gasteiger partial charge in [0.05, 0.1) is 13.7 Å². The summed E-state index contributed by atoms with van der Waals surface area (Å²) in [6, 6.07) is 12.7. The van der Waals surface area contributed by atoms with Gasteiger partial charge in [-0.3, -0.25) is 9.80 Å². The molecule has 0 atom stereocenters. The molecular formula is C22H30N2O2. The number of hydrogen-bond acceptors (Lipinski definition) is 4. The van der Waals surface area contributed by atoms with E-state index in [2.05, 4.69) is 40.1 Å². The van der Waals surface area contributed by atoms with Gasteiger partial charge in [0, 0.05) is 13.1 Å². The third kappa shape index (κ3) is 3.97. The molecule has 4 rings (SSSR count). The summed E-state index contributed by atoms with van der Waals surface area (Å²) < 4.78 is 11.1. The Balaban J connectivity index is 1.29. The fourth-order valence-electron chi connectivity index (χ4n) is 4.58. The van der Waals surface area contributed by atoms with Crippen LogP contribution >= 0.6 is 0 Å². The molecule has 1 spiro atoms. The van der Waals surface area contributed by atoms with Crippen molar-refractivity contribution in [3.05, 3.63) is 53.5 Å². The van der Waals surface area contributed by atoms with Crippen molar-refractivity contribution in [1.29, 1.82) is 0 Å². The van der Waals surface area contributed by atoms with Gasteiger partial charge in [0.25, 0.3) is 0 Å². The van der Waals surface area contributed by atoms with Crippen molar-refractivity contribution in [1.82, 2.24) is 9.80 Å². The second-order valence-corrected chi connectivity index (χ2v) is 8.10. The monoisotopic (exact) mass is 354 g/mol. The molecule has 140 valence electrons. The summed E-state index contributed by atoms with van der Waals surface area (Å²) in [7, 11) is 1.74. The number of rotatable bonds is 5. The average molecular weight is 354 g/mol. The Bertz CT molecular complexity index is 731. The van der Waals surface area contributed by atoms with Crippen LogP contribution in [0.5, 0.6) is 5.75 Å². The van der Waals surface area contributed by atoms with E-state index in [1.807, 2.05) is 13.0 Å². The van der Waals surface area contributed by atoms with Gasteiger partial charge >= 0.3 is 0 Å². The molecule has 4 nitrogen and oxygen atoms in total. The lowest BCUT2D eigenvalue weighted by atomic mass is 9.77. The molecule has 2 saturated heterocycles. The van der Waals surface area contributed by atoms with Gasteiger partial charge in [-0.05, 0) is 81.1 Å². The second kappa shape index (κ2) is 7.45. The second-order valence-electron chi connectivity index (χ2n) is 8.10. The lowest BCUT2D eigenvalue weighted by Crippen LogP contribution is -2.41. The van der Waals surface area contributed by atoms with Crippen LogP contribution in [0.1, 0.15) is 36.3 Å². The van der Waals surface area contributed by atoms with Crippen LogP contribution in [0.3, 0.4) is 0 Å². The molecule has 4 heteroatoms. The predicted molar refractivity (Wildman–Crippen MR) is 103 cm³/mol. The van der Waals surface area contributed by atoms with Crippen LogP contribution in [0.25, 0.3) is 0 Å². The Morgan fingerprint density at radius 3 is 2.46 bits per heavy atom. The molecule has 2 aliphatic heterocycles. The van der Waals surface area contributed by atoms with E-state index < -0.39 is 0 Å². The van der Waals surface area contributed by atoms with E-state index >= 15 is 0 Å². The summed E-state index contributed by atoms with van der Waals surface area (Å²) in [6.45, 7) is 8.84. The zero-order valence-electron chi connectivity index (χ0n) is 16.0. The van der Waals surface area contributed by atoms with E-state index in [0.717, 1.165) is 30.4 Å². The van der Waals surface area contributed by atoms with Gasteiger partial charge < -0.3 is 9.15 Å². The smallest absolute Gasteiger partial charge is 0.119 e. The molecule has 0 aliphatic carbocycles. The van der Waals surface area contributed by atoms with Gasteiger partial charge in [-0.25, -0.2) is 0 Å². The molecule has 0 saturated carbocycles. The van der Waals surface area contributed by atoms with E-state index in [1.165, 1.54) is 51.0 Å².